The normalized spacial score (nSPS) is 12.5. The van der Waals surface area contributed by atoms with E-state index in [1.54, 1.807) is 10.2 Å². The third-order valence-electron chi connectivity index (χ3n) is 6.59. The summed E-state index contributed by atoms with van der Waals surface area (Å²) in [4.78, 5) is 44.1. The predicted molar refractivity (Wildman–Crippen MR) is 187 cm³/mol. The molecular formula is C36H42K2N2O10P2. The number of unbranched alkanes of at least 4 members (excludes halogenated alkanes) is 2. The van der Waals surface area contributed by atoms with E-state index in [0.29, 0.717) is 12.8 Å². The fourth-order valence-corrected chi connectivity index (χ4v) is 6.10. The maximum Gasteiger partial charge on any atom is 1.00 e. The van der Waals surface area contributed by atoms with Crippen LogP contribution in [0.3, 0.4) is 0 Å². The van der Waals surface area contributed by atoms with Gasteiger partial charge in [0.2, 0.25) is 27.3 Å². The molecule has 0 radical (unpaired) electrons. The second-order valence-electron chi connectivity index (χ2n) is 11.0. The van der Waals surface area contributed by atoms with E-state index in [-0.39, 0.29) is 116 Å². The number of nitrogens with one attached hydrogen (secondary N) is 2. The summed E-state index contributed by atoms with van der Waals surface area (Å²) in [6.45, 7) is 2.33. The molecule has 0 aliphatic carbocycles. The Morgan fingerprint density at radius 1 is 0.538 bits per heavy atom. The Bertz CT molecular complexity index is 1610. The summed E-state index contributed by atoms with van der Waals surface area (Å²) in [6, 6.07) is 34.6. The minimum atomic E-state index is -4.28. The first-order valence-corrected chi connectivity index (χ1v) is 19.1. The molecule has 0 aliphatic heterocycles. The van der Waals surface area contributed by atoms with E-state index >= 15 is 0 Å². The Labute approximate surface area is 390 Å². The van der Waals surface area contributed by atoms with Crippen molar-refractivity contribution in [2.24, 2.45) is 0 Å². The van der Waals surface area contributed by atoms with Gasteiger partial charge in [-0.3, -0.25) is 28.9 Å². The Hall–Kier alpha value is -1.01. The van der Waals surface area contributed by atoms with E-state index in [9.17, 15) is 28.5 Å². The summed E-state index contributed by atoms with van der Waals surface area (Å²) in [5.41, 5.74) is 2.20. The molecule has 0 saturated carbocycles. The van der Waals surface area contributed by atoms with Crippen molar-refractivity contribution >= 4 is 27.3 Å². The van der Waals surface area contributed by atoms with Crippen LogP contribution in [0, 0.1) is 0 Å². The van der Waals surface area contributed by atoms with Gasteiger partial charge in [-0.25, -0.2) is 0 Å². The fraction of sp³-hybridized carbons (Fsp3) is 0.278. The SMILES string of the molecule is CC(=O)NP(=O)([O-])OCCCCc1cccc(Oc2ccccc2)c1.CC(=O)NP(=O)([O-])OCCCCc1cccc(Oc2ccccc2)c1.[K+].[K+]. The van der Waals surface area contributed by atoms with Gasteiger partial charge in [-0.2, -0.15) is 0 Å². The van der Waals surface area contributed by atoms with Crippen molar-refractivity contribution in [3.05, 3.63) is 120 Å². The number of carbonyl (C=O) groups is 2. The molecule has 4 aromatic rings. The van der Waals surface area contributed by atoms with Crippen molar-refractivity contribution in [3.63, 3.8) is 0 Å². The number of aryl methyl sites for hydroxylation is 2. The number of rotatable bonds is 18. The standard InChI is InChI=1S/2C18H22NO5P.2K/c2*1-15(20)19-25(21,22)23-13-6-5-8-16-9-7-12-18(14-16)24-17-10-3-2-4-11-17;;/h2*2-4,7,9-12,14H,5-6,8,13H2,1H3,(H2,19,20,21,22);;/q;;2*+1/p-2. The van der Waals surface area contributed by atoms with Gasteiger partial charge in [-0.1, -0.05) is 60.7 Å². The molecule has 0 fully saturated rings. The fourth-order valence-electron chi connectivity index (χ4n) is 4.46. The quantitative estimate of drug-likeness (QED) is 0.0835. The number of amides is 2. The molecule has 2 amide bonds. The second kappa shape index (κ2) is 26.7. The molecule has 52 heavy (non-hydrogen) atoms. The van der Waals surface area contributed by atoms with E-state index in [4.69, 9.17) is 18.5 Å². The van der Waals surface area contributed by atoms with Crippen LogP contribution in [0.1, 0.15) is 50.7 Å². The molecule has 16 heteroatoms. The first-order chi connectivity index (χ1) is 23.9. The van der Waals surface area contributed by atoms with Crippen LogP contribution in [0.4, 0.5) is 0 Å². The van der Waals surface area contributed by atoms with Gasteiger partial charge >= 0.3 is 103 Å². The molecule has 0 saturated heterocycles. The van der Waals surface area contributed by atoms with Crippen LogP contribution in [0.2, 0.25) is 0 Å². The van der Waals surface area contributed by atoms with Crippen LogP contribution >= 0.6 is 15.5 Å². The molecule has 2 unspecified atom stereocenters. The molecule has 4 aromatic carbocycles. The van der Waals surface area contributed by atoms with Crippen LogP contribution in [0.5, 0.6) is 23.0 Å². The Morgan fingerprint density at radius 3 is 1.23 bits per heavy atom. The van der Waals surface area contributed by atoms with Gasteiger partial charge in [-0.05, 0) is 98.2 Å². The molecule has 0 spiro atoms. The first-order valence-electron chi connectivity index (χ1n) is 16.0. The molecule has 2 atom stereocenters. The smallest absolute Gasteiger partial charge is 0.762 e. The third kappa shape index (κ3) is 22.4. The maximum absolute atomic E-state index is 11.3. The molecule has 0 aliphatic rings. The topological polar surface area (TPSA) is 175 Å². The van der Waals surface area contributed by atoms with E-state index in [1.165, 1.54) is 0 Å². The summed E-state index contributed by atoms with van der Waals surface area (Å²) >= 11 is 0. The second-order valence-corrected chi connectivity index (χ2v) is 14.0. The molecule has 2 N–H and O–H groups in total. The Balaban J connectivity index is 0.000000501. The van der Waals surface area contributed by atoms with Crippen molar-refractivity contribution in [3.8, 4) is 23.0 Å². The largest absolute Gasteiger partial charge is 1.00 e. The van der Waals surface area contributed by atoms with Crippen molar-refractivity contribution in [1.82, 2.24) is 10.2 Å². The number of carbonyl (C=O) groups excluding carboxylic acids is 2. The van der Waals surface area contributed by atoms with Crippen LogP contribution < -0.4 is 132 Å². The summed E-state index contributed by atoms with van der Waals surface area (Å²) in [5.74, 6) is 1.75. The number of hydrogen-bond acceptors (Lipinski definition) is 10. The number of ether oxygens (including phenoxy) is 2. The average Bonchev–Trinajstić information content (AvgIpc) is 3.05. The van der Waals surface area contributed by atoms with Gasteiger partial charge in [0.05, 0.1) is 13.2 Å². The van der Waals surface area contributed by atoms with Gasteiger partial charge in [0.1, 0.15) is 23.0 Å². The summed E-state index contributed by atoms with van der Waals surface area (Å²) in [7, 11) is -8.55. The number of para-hydroxylation sites is 2. The third-order valence-corrected chi connectivity index (χ3v) is 8.81. The Kier molecular flexibility index (Phi) is 25.2. The molecule has 4 rings (SSSR count). The van der Waals surface area contributed by atoms with Crippen molar-refractivity contribution in [2.75, 3.05) is 13.2 Å². The van der Waals surface area contributed by atoms with E-state index in [2.05, 4.69) is 0 Å². The van der Waals surface area contributed by atoms with Crippen molar-refractivity contribution in [1.29, 1.82) is 0 Å². The van der Waals surface area contributed by atoms with Crippen LogP contribution in [-0.2, 0) is 40.6 Å². The maximum atomic E-state index is 11.3. The van der Waals surface area contributed by atoms with Gasteiger partial charge in [0, 0.05) is 13.8 Å². The molecule has 0 heterocycles. The molecule has 268 valence electrons. The van der Waals surface area contributed by atoms with Crippen LogP contribution in [0.25, 0.3) is 0 Å². The predicted octanol–water partition coefficient (Wildman–Crippen LogP) is 0.853. The minimum absolute atomic E-state index is 0. The first kappa shape index (κ1) is 49.0. The molecule has 0 aromatic heterocycles. The number of hydrogen-bond donors (Lipinski definition) is 2. The average molecular weight is 803 g/mol. The number of benzene rings is 4. The van der Waals surface area contributed by atoms with Gasteiger partial charge in [0.25, 0.3) is 0 Å². The molecule has 12 nitrogen and oxygen atoms in total. The summed E-state index contributed by atoms with van der Waals surface area (Å²) < 4.78 is 43.7. The van der Waals surface area contributed by atoms with Gasteiger partial charge < -0.3 is 28.3 Å². The zero-order valence-corrected chi connectivity index (χ0v) is 38.1. The van der Waals surface area contributed by atoms with E-state index in [1.807, 2.05) is 109 Å². The molecule has 0 bridgehead atoms. The van der Waals surface area contributed by atoms with Crippen LogP contribution in [-0.4, -0.2) is 25.0 Å². The molecular weight excluding hydrogens is 761 g/mol. The van der Waals surface area contributed by atoms with Gasteiger partial charge in [-0.15, -0.1) is 0 Å². The van der Waals surface area contributed by atoms with Gasteiger partial charge in [0.15, 0.2) is 0 Å². The summed E-state index contributed by atoms with van der Waals surface area (Å²) in [6.07, 6.45) is 4.20. The van der Waals surface area contributed by atoms with Crippen LogP contribution in [0.15, 0.2) is 109 Å². The minimum Gasteiger partial charge on any atom is -0.762 e. The monoisotopic (exact) mass is 802 g/mol. The zero-order valence-electron chi connectivity index (χ0n) is 30.0. The zero-order chi connectivity index (χ0) is 36.2. The van der Waals surface area contributed by atoms with Crippen molar-refractivity contribution in [2.45, 2.75) is 52.4 Å². The van der Waals surface area contributed by atoms with E-state index in [0.717, 1.165) is 73.7 Å². The summed E-state index contributed by atoms with van der Waals surface area (Å²) in [5, 5.41) is 3.56. The van der Waals surface area contributed by atoms with E-state index < -0.39 is 27.3 Å². The Morgan fingerprint density at radius 2 is 0.885 bits per heavy atom. The van der Waals surface area contributed by atoms with Crippen molar-refractivity contribution < 1.29 is 150 Å².